The zero-order valence-corrected chi connectivity index (χ0v) is 12.6. The minimum atomic E-state index is 0.338. The molecular formula is C17H28N2. The lowest BCUT2D eigenvalue weighted by Gasteiger charge is -2.38. The van der Waals surface area contributed by atoms with Crippen molar-refractivity contribution in [3.8, 4) is 0 Å². The summed E-state index contributed by atoms with van der Waals surface area (Å²) in [6.07, 6.45) is 5.99. The van der Waals surface area contributed by atoms with Crippen molar-refractivity contribution in [3.05, 3.63) is 35.4 Å². The smallest absolute Gasteiger partial charge is 0.0246 e. The second kappa shape index (κ2) is 6.53. The first-order valence-corrected chi connectivity index (χ1v) is 7.62. The highest BCUT2D eigenvalue weighted by molar-refractivity contribution is 5.27. The molecule has 0 bridgehead atoms. The molecule has 2 N–H and O–H groups in total. The molecule has 0 unspecified atom stereocenters. The van der Waals surface area contributed by atoms with Gasteiger partial charge in [-0.05, 0) is 56.8 Å². The predicted octanol–water partition coefficient (Wildman–Crippen LogP) is 3.16. The molecule has 0 heterocycles. The molecule has 1 aliphatic rings. The Morgan fingerprint density at radius 2 is 2.05 bits per heavy atom. The Balaban J connectivity index is 2.11. The molecule has 0 radical (unpaired) electrons. The van der Waals surface area contributed by atoms with E-state index in [2.05, 4.69) is 50.2 Å². The van der Waals surface area contributed by atoms with Crippen molar-refractivity contribution in [3.63, 3.8) is 0 Å². The van der Waals surface area contributed by atoms with Crippen LogP contribution in [0.3, 0.4) is 0 Å². The molecule has 1 aromatic carbocycles. The summed E-state index contributed by atoms with van der Waals surface area (Å²) in [5.74, 6) is 0.684. The third kappa shape index (κ3) is 3.58. The molecule has 0 aromatic heterocycles. The first-order chi connectivity index (χ1) is 9.11. The Kier molecular flexibility index (Phi) is 5.00. The summed E-state index contributed by atoms with van der Waals surface area (Å²) in [6, 6.07) is 10.0. The van der Waals surface area contributed by atoms with Gasteiger partial charge in [-0.15, -0.1) is 0 Å². The van der Waals surface area contributed by atoms with Gasteiger partial charge < -0.3 is 10.6 Å². The van der Waals surface area contributed by atoms with Gasteiger partial charge in [0.05, 0.1) is 0 Å². The Labute approximate surface area is 118 Å². The lowest BCUT2D eigenvalue weighted by atomic mass is 9.78. The molecule has 1 aliphatic carbocycles. The van der Waals surface area contributed by atoms with Crippen LogP contribution in [0.15, 0.2) is 24.3 Å². The van der Waals surface area contributed by atoms with E-state index in [-0.39, 0.29) is 0 Å². The maximum absolute atomic E-state index is 6.26. The largest absolute Gasteiger partial charge is 0.326 e. The fraction of sp³-hybridized carbons (Fsp3) is 0.647. The van der Waals surface area contributed by atoms with Gasteiger partial charge in [-0.2, -0.15) is 0 Å². The van der Waals surface area contributed by atoms with Crippen LogP contribution in [0, 0.1) is 0 Å². The molecule has 2 rings (SSSR count). The zero-order valence-electron chi connectivity index (χ0n) is 12.6. The second-order valence-electron chi connectivity index (χ2n) is 6.20. The van der Waals surface area contributed by atoms with E-state index in [1.165, 1.54) is 36.8 Å². The van der Waals surface area contributed by atoms with Gasteiger partial charge in [0.15, 0.2) is 0 Å². The summed E-state index contributed by atoms with van der Waals surface area (Å²) < 4.78 is 0. The maximum atomic E-state index is 6.26. The van der Waals surface area contributed by atoms with Gasteiger partial charge in [0, 0.05) is 12.1 Å². The topological polar surface area (TPSA) is 29.3 Å². The Morgan fingerprint density at radius 3 is 2.74 bits per heavy atom. The molecule has 1 fully saturated rings. The van der Waals surface area contributed by atoms with E-state index in [0.717, 1.165) is 6.42 Å². The lowest BCUT2D eigenvalue weighted by molar-refractivity contribution is 0.186. The van der Waals surface area contributed by atoms with Gasteiger partial charge in [-0.25, -0.2) is 0 Å². The fourth-order valence-corrected chi connectivity index (χ4v) is 3.36. The van der Waals surface area contributed by atoms with Gasteiger partial charge in [0.2, 0.25) is 0 Å². The van der Waals surface area contributed by atoms with Crippen molar-refractivity contribution < 1.29 is 0 Å². The van der Waals surface area contributed by atoms with Crippen LogP contribution in [0.5, 0.6) is 0 Å². The fourth-order valence-electron chi connectivity index (χ4n) is 3.36. The lowest BCUT2D eigenvalue weighted by Crippen LogP contribution is -2.47. The molecular weight excluding hydrogens is 232 g/mol. The highest BCUT2D eigenvalue weighted by atomic mass is 15.1. The summed E-state index contributed by atoms with van der Waals surface area (Å²) in [4.78, 5) is 2.30. The number of hydrogen-bond donors (Lipinski definition) is 1. The third-order valence-electron chi connectivity index (χ3n) is 4.49. The van der Waals surface area contributed by atoms with Crippen molar-refractivity contribution in [1.82, 2.24) is 4.90 Å². The summed E-state index contributed by atoms with van der Waals surface area (Å²) in [7, 11) is 4.31. The molecule has 0 spiro atoms. The standard InChI is InChI=1S/C17H28N2/c1-4-6-13-7-5-8-14(11-13)15-9-10-16(18)17(12-15)19(2)3/h5,7-8,11,15-17H,4,6,9-10,12,18H2,1-3H3/t15-,16-,17-/m0/s1. The molecule has 0 aliphatic heterocycles. The number of hydrogen-bond acceptors (Lipinski definition) is 2. The van der Waals surface area contributed by atoms with E-state index in [9.17, 15) is 0 Å². The van der Waals surface area contributed by atoms with Gasteiger partial charge >= 0.3 is 0 Å². The van der Waals surface area contributed by atoms with Crippen LogP contribution in [0.2, 0.25) is 0 Å². The highest BCUT2D eigenvalue weighted by Crippen LogP contribution is 2.34. The van der Waals surface area contributed by atoms with Gasteiger partial charge in [-0.3, -0.25) is 0 Å². The highest BCUT2D eigenvalue weighted by Gasteiger charge is 2.30. The van der Waals surface area contributed by atoms with Crippen LogP contribution in [0.1, 0.15) is 49.7 Å². The van der Waals surface area contributed by atoms with Gasteiger partial charge in [-0.1, -0.05) is 37.6 Å². The molecule has 2 nitrogen and oxygen atoms in total. The van der Waals surface area contributed by atoms with Crippen molar-refractivity contribution in [2.24, 2.45) is 5.73 Å². The summed E-state index contributed by atoms with van der Waals surface area (Å²) in [6.45, 7) is 2.24. The normalized spacial score (nSPS) is 27.7. The molecule has 106 valence electrons. The van der Waals surface area contributed by atoms with E-state index in [1.54, 1.807) is 0 Å². The molecule has 0 saturated heterocycles. The van der Waals surface area contributed by atoms with Crippen molar-refractivity contribution >= 4 is 0 Å². The number of aryl methyl sites for hydroxylation is 1. The minimum Gasteiger partial charge on any atom is -0.326 e. The predicted molar refractivity (Wildman–Crippen MR) is 82.5 cm³/mol. The van der Waals surface area contributed by atoms with Gasteiger partial charge in [0.1, 0.15) is 0 Å². The number of nitrogens with zero attached hydrogens (tertiary/aromatic N) is 1. The van der Waals surface area contributed by atoms with Crippen LogP contribution in [0.4, 0.5) is 0 Å². The van der Waals surface area contributed by atoms with E-state index in [1.807, 2.05) is 0 Å². The molecule has 1 aromatic rings. The van der Waals surface area contributed by atoms with Crippen molar-refractivity contribution in [2.75, 3.05) is 14.1 Å². The van der Waals surface area contributed by atoms with Crippen molar-refractivity contribution in [1.29, 1.82) is 0 Å². The Bertz CT molecular complexity index is 400. The van der Waals surface area contributed by atoms with Crippen LogP contribution < -0.4 is 5.73 Å². The molecule has 0 amide bonds. The van der Waals surface area contributed by atoms with Crippen molar-refractivity contribution in [2.45, 2.75) is 57.0 Å². The number of likely N-dealkylation sites (N-methyl/N-ethyl adjacent to an activating group) is 1. The van der Waals surface area contributed by atoms with E-state index in [0.29, 0.717) is 18.0 Å². The van der Waals surface area contributed by atoms with E-state index < -0.39 is 0 Å². The number of nitrogens with two attached hydrogens (primary N) is 1. The van der Waals surface area contributed by atoms with Crippen LogP contribution in [0.25, 0.3) is 0 Å². The monoisotopic (exact) mass is 260 g/mol. The average Bonchev–Trinajstić information content (AvgIpc) is 2.39. The quantitative estimate of drug-likeness (QED) is 0.901. The Morgan fingerprint density at radius 1 is 1.26 bits per heavy atom. The summed E-state index contributed by atoms with van der Waals surface area (Å²) in [5.41, 5.74) is 9.26. The first-order valence-electron chi connectivity index (χ1n) is 7.62. The number of rotatable bonds is 4. The van der Waals surface area contributed by atoms with E-state index >= 15 is 0 Å². The molecule has 3 atom stereocenters. The third-order valence-corrected chi connectivity index (χ3v) is 4.49. The molecule has 1 saturated carbocycles. The summed E-state index contributed by atoms with van der Waals surface area (Å²) >= 11 is 0. The zero-order chi connectivity index (χ0) is 13.8. The minimum absolute atomic E-state index is 0.338. The summed E-state index contributed by atoms with van der Waals surface area (Å²) in [5, 5.41) is 0. The average molecular weight is 260 g/mol. The maximum Gasteiger partial charge on any atom is 0.0246 e. The van der Waals surface area contributed by atoms with Gasteiger partial charge in [0.25, 0.3) is 0 Å². The van der Waals surface area contributed by atoms with Crippen LogP contribution >= 0.6 is 0 Å². The Hall–Kier alpha value is -0.860. The first kappa shape index (κ1) is 14.5. The van der Waals surface area contributed by atoms with Crippen LogP contribution in [-0.4, -0.2) is 31.1 Å². The van der Waals surface area contributed by atoms with Crippen LogP contribution in [-0.2, 0) is 6.42 Å². The SMILES string of the molecule is CCCc1cccc([C@H]2CC[C@H](N)[C@@H](N(C)C)C2)c1. The molecule has 19 heavy (non-hydrogen) atoms. The molecule has 2 heteroatoms. The number of benzene rings is 1. The second-order valence-corrected chi connectivity index (χ2v) is 6.20. The van der Waals surface area contributed by atoms with E-state index in [4.69, 9.17) is 5.73 Å².